The number of allylic oxidation sites excluding steroid dienone is 1. The normalized spacial score (nSPS) is 21.6. The van der Waals surface area contributed by atoms with Crippen LogP contribution in [-0.2, 0) is 55.5 Å². The number of aliphatic hydroxyl groups excluding tert-OH is 2. The van der Waals surface area contributed by atoms with E-state index in [1.165, 1.54) is 19.9 Å². The van der Waals surface area contributed by atoms with E-state index in [-0.39, 0.29) is 42.2 Å². The SMILES string of the molecule is CC(C)(COP(=O)(O)OP(=O)(O)OC[C@H]1O[C@@H](n2cnc3c(N)ncnc32)[C@H](O)[C@@H]1OP(=O)(O)O)[C@@H](O)C(=O)NCCC(=O)NCCSC(=O)C(=O)/C=C/CCN. The van der Waals surface area contributed by atoms with Gasteiger partial charge in [0.15, 0.2) is 17.7 Å². The summed E-state index contributed by atoms with van der Waals surface area (Å²) in [7, 11) is -16.4. The first-order valence-corrected chi connectivity index (χ1v) is 21.9. The Morgan fingerprint density at radius 2 is 1.75 bits per heavy atom. The molecule has 2 aromatic heterocycles. The van der Waals surface area contributed by atoms with Gasteiger partial charge in [-0.3, -0.25) is 37.3 Å². The second-order valence-electron chi connectivity index (χ2n) is 12.5. The summed E-state index contributed by atoms with van der Waals surface area (Å²) in [6.45, 7) is 0.482. The van der Waals surface area contributed by atoms with Gasteiger partial charge in [0.25, 0.3) is 5.12 Å². The molecule has 320 valence electrons. The maximum Gasteiger partial charge on any atom is 0.481 e. The molecular weight excluding hydrogens is 849 g/mol. The van der Waals surface area contributed by atoms with Crippen LogP contribution in [0.5, 0.6) is 0 Å². The molecule has 0 aromatic carbocycles. The third-order valence-electron chi connectivity index (χ3n) is 7.54. The number of aromatic nitrogens is 4. The van der Waals surface area contributed by atoms with Crippen molar-refractivity contribution in [2.24, 2.45) is 11.1 Å². The summed E-state index contributed by atoms with van der Waals surface area (Å²) in [5.74, 6) is -2.22. The predicted octanol–water partition coefficient (Wildman–Crippen LogP) is -1.86. The summed E-state index contributed by atoms with van der Waals surface area (Å²) in [5.41, 5.74) is 9.50. The Kier molecular flexibility index (Phi) is 17.6. The van der Waals surface area contributed by atoms with E-state index in [4.69, 9.17) is 25.3 Å². The number of nitrogens with two attached hydrogens (primary N) is 2. The maximum absolute atomic E-state index is 12.7. The first kappa shape index (κ1) is 48.3. The fourth-order valence-electron chi connectivity index (χ4n) is 4.70. The molecule has 2 aromatic rings. The topological polar surface area (TPSA) is 407 Å². The van der Waals surface area contributed by atoms with Gasteiger partial charge in [0.1, 0.15) is 36.3 Å². The van der Waals surface area contributed by atoms with E-state index in [0.29, 0.717) is 24.7 Å². The van der Waals surface area contributed by atoms with Crippen LogP contribution in [0, 0.1) is 5.41 Å². The Balaban J connectivity index is 1.48. The molecule has 1 aliphatic heterocycles. The molecule has 0 aliphatic carbocycles. The second kappa shape index (κ2) is 20.8. The fraction of sp³-hybridized carbons (Fsp3) is 0.593. The summed E-state index contributed by atoms with van der Waals surface area (Å²) in [5, 5.41) is 25.5. The van der Waals surface area contributed by atoms with Crippen molar-refractivity contribution in [2.45, 2.75) is 57.3 Å². The molecule has 0 saturated carbocycles. The maximum atomic E-state index is 12.7. The number of amides is 2. The first-order chi connectivity index (χ1) is 26.5. The molecular formula is C27H43N8O18P3S. The number of aliphatic hydroxyl groups is 2. The Morgan fingerprint density at radius 1 is 1.07 bits per heavy atom. The molecule has 0 spiro atoms. The zero-order valence-electron chi connectivity index (χ0n) is 30.1. The highest BCUT2D eigenvalue weighted by atomic mass is 32.2. The molecule has 3 rings (SSSR count). The number of nitrogens with one attached hydrogen (secondary N) is 2. The van der Waals surface area contributed by atoms with Crippen LogP contribution >= 0.6 is 35.2 Å². The number of nitrogen functional groups attached to an aromatic ring is 1. The summed E-state index contributed by atoms with van der Waals surface area (Å²) >= 11 is 0.704. The van der Waals surface area contributed by atoms with Crippen molar-refractivity contribution >= 4 is 74.9 Å². The summed E-state index contributed by atoms with van der Waals surface area (Å²) in [6.07, 6.45) is -4.07. The van der Waals surface area contributed by atoms with E-state index in [2.05, 4.69) is 34.4 Å². The number of imidazole rings is 1. The minimum absolute atomic E-state index is 0.0205. The van der Waals surface area contributed by atoms with Gasteiger partial charge >= 0.3 is 23.5 Å². The lowest BCUT2D eigenvalue weighted by molar-refractivity contribution is -0.137. The third-order valence-corrected chi connectivity index (χ3v) is 11.5. The molecule has 57 heavy (non-hydrogen) atoms. The lowest BCUT2D eigenvalue weighted by Gasteiger charge is -2.30. The van der Waals surface area contributed by atoms with Gasteiger partial charge in [-0.25, -0.2) is 28.6 Å². The Morgan fingerprint density at radius 3 is 2.42 bits per heavy atom. The van der Waals surface area contributed by atoms with Crippen molar-refractivity contribution in [1.29, 1.82) is 0 Å². The van der Waals surface area contributed by atoms with E-state index in [9.17, 15) is 62.7 Å². The van der Waals surface area contributed by atoms with Crippen LogP contribution in [0.25, 0.3) is 11.2 Å². The van der Waals surface area contributed by atoms with Gasteiger partial charge in [0.05, 0.1) is 19.5 Å². The Labute approximate surface area is 327 Å². The number of thioether (sulfide) groups is 1. The molecule has 2 amide bonds. The van der Waals surface area contributed by atoms with Gasteiger partial charge in [-0.2, -0.15) is 4.31 Å². The van der Waals surface area contributed by atoms with Gasteiger partial charge in [0, 0.05) is 30.7 Å². The highest BCUT2D eigenvalue weighted by Crippen LogP contribution is 2.61. The number of phosphoric ester groups is 3. The molecule has 1 aliphatic rings. The second-order valence-corrected chi connectivity index (χ2v) is 17.9. The van der Waals surface area contributed by atoms with E-state index < -0.39 is 95.5 Å². The van der Waals surface area contributed by atoms with E-state index >= 15 is 0 Å². The number of nitrogens with zero attached hydrogens (tertiary/aromatic N) is 4. The van der Waals surface area contributed by atoms with Crippen LogP contribution < -0.4 is 22.1 Å². The van der Waals surface area contributed by atoms with Gasteiger partial charge < -0.3 is 56.6 Å². The summed E-state index contributed by atoms with van der Waals surface area (Å²) in [6, 6.07) is 0. The number of ketones is 1. The Bertz CT molecular complexity index is 1930. The number of ether oxygens (including phenoxy) is 1. The molecule has 0 radical (unpaired) electrons. The fourth-order valence-corrected chi connectivity index (χ4v) is 8.13. The van der Waals surface area contributed by atoms with Crippen molar-refractivity contribution in [2.75, 3.05) is 44.3 Å². The monoisotopic (exact) mass is 892 g/mol. The van der Waals surface area contributed by atoms with Crippen LogP contribution in [0.3, 0.4) is 0 Å². The minimum atomic E-state index is -5.59. The van der Waals surface area contributed by atoms with Crippen molar-refractivity contribution in [3.63, 3.8) is 0 Å². The number of rotatable bonds is 23. The Hall–Kier alpha value is -3.07. The number of carbonyl (C=O) groups is 4. The number of carbonyl (C=O) groups excluding carboxylic acids is 4. The van der Waals surface area contributed by atoms with E-state index in [0.717, 1.165) is 23.3 Å². The van der Waals surface area contributed by atoms with Crippen LogP contribution in [0.4, 0.5) is 5.82 Å². The third kappa shape index (κ3) is 14.9. The molecule has 2 unspecified atom stereocenters. The lowest BCUT2D eigenvalue weighted by Crippen LogP contribution is -2.46. The van der Waals surface area contributed by atoms with Crippen molar-refractivity contribution in [3.05, 3.63) is 24.8 Å². The van der Waals surface area contributed by atoms with Crippen molar-refractivity contribution in [3.8, 4) is 0 Å². The molecule has 0 bridgehead atoms. The lowest BCUT2D eigenvalue weighted by atomic mass is 9.87. The average Bonchev–Trinajstić information content (AvgIpc) is 3.68. The van der Waals surface area contributed by atoms with Crippen molar-refractivity contribution < 1.29 is 85.3 Å². The molecule has 1 saturated heterocycles. The quantitative estimate of drug-likeness (QED) is 0.0253. The van der Waals surface area contributed by atoms with Crippen LogP contribution in [0.15, 0.2) is 24.8 Å². The molecule has 7 atom stereocenters. The van der Waals surface area contributed by atoms with Gasteiger partial charge in [-0.15, -0.1) is 0 Å². The number of hydrogen-bond donors (Lipinski definition) is 10. The molecule has 1 fully saturated rings. The van der Waals surface area contributed by atoms with Gasteiger partial charge in [0.2, 0.25) is 17.6 Å². The van der Waals surface area contributed by atoms with E-state index in [1.54, 1.807) is 0 Å². The average molecular weight is 893 g/mol. The van der Waals surface area contributed by atoms with Crippen LogP contribution in [0.2, 0.25) is 0 Å². The van der Waals surface area contributed by atoms with Crippen LogP contribution in [-0.4, -0.2) is 135 Å². The molecule has 30 heteroatoms. The number of hydrogen-bond acceptors (Lipinski definition) is 20. The summed E-state index contributed by atoms with van der Waals surface area (Å²) in [4.78, 5) is 98.9. The highest BCUT2D eigenvalue weighted by molar-refractivity contribution is 8.15. The predicted molar refractivity (Wildman–Crippen MR) is 195 cm³/mol. The van der Waals surface area contributed by atoms with Gasteiger partial charge in [-0.1, -0.05) is 31.7 Å². The number of phosphoric acid groups is 3. The molecule has 3 heterocycles. The summed E-state index contributed by atoms with van der Waals surface area (Å²) < 4.78 is 62.0. The minimum Gasteiger partial charge on any atom is -0.386 e. The smallest absolute Gasteiger partial charge is 0.386 e. The molecule has 26 nitrogen and oxygen atoms in total. The highest BCUT2D eigenvalue weighted by Gasteiger charge is 2.50. The van der Waals surface area contributed by atoms with Crippen molar-refractivity contribution in [1.82, 2.24) is 30.2 Å². The number of anilines is 1. The molecule has 12 N–H and O–H groups in total. The largest absolute Gasteiger partial charge is 0.481 e. The number of fused-ring (bicyclic) bond motifs is 1. The zero-order chi connectivity index (χ0) is 42.8. The van der Waals surface area contributed by atoms with E-state index in [1.807, 2.05) is 0 Å². The van der Waals surface area contributed by atoms with Crippen LogP contribution in [0.1, 0.15) is 32.9 Å². The first-order valence-electron chi connectivity index (χ1n) is 16.4. The standard InChI is InChI=1S/C27H43N8O18P3S/c1-27(2,21(39)24(40)31-8-6-17(37)30-9-10-57-26(41)15(36)5-3-4-7-28)12-50-56(47,48)53-55(45,46)49-11-16-20(52-54(42,43)44)19(38)25(51-16)35-14-34-18-22(29)32-13-33-23(18)35/h3,5,13-14,16,19-21,25,38-39H,4,6-12,28H2,1-2H3,(H,30,37)(H,31,40)(H,45,46)(H,47,48)(H2,29,32,33)(H2,42,43,44)/b5-3+/t16-,19-,20-,21+,25-/m1/s1. The zero-order valence-corrected chi connectivity index (χ0v) is 33.6. The van der Waals surface area contributed by atoms with Gasteiger partial charge in [-0.05, 0) is 19.0 Å².